The average molecular weight is 281 g/mol. The van der Waals surface area contributed by atoms with Crippen LogP contribution in [-0.4, -0.2) is 17.4 Å². The van der Waals surface area contributed by atoms with Crippen molar-refractivity contribution in [2.75, 3.05) is 12.0 Å². The molecule has 2 fully saturated rings. The van der Waals surface area contributed by atoms with E-state index in [1.807, 2.05) is 0 Å². The molecule has 6 heteroatoms. The predicted molar refractivity (Wildman–Crippen MR) is 73.8 cm³/mol. The molecule has 0 unspecified atom stereocenters. The number of halogens is 1. The maximum atomic E-state index is 12.1. The molecule has 2 saturated carbocycles. The molecule has 102 valence electrons. The molecule has 2 aliphatic rings. The zero-order valence-corrected chi connectivity index (χ0v) is 11.3. The van der Waals surface area contributed by atoms with Gasteiger partial charge in [-0.25, -0.2) is 10.8 Å². The molecule has 0 spiro atoms. The molecular formula is C13H17ClN4O. The Morgan fingerprint density at radius 3 is 2.79 bits per heavy atom. The van der Waals surface area contributed by atoms with Crippen LogP contribution in [0.5, 0.6) is 0 Å². The van der Waals surface area contributed by atoms with Gasteiger partial charge in [-0.15, -0.1) is 0 Å². The molecule has 0 saturated heterocycles. The van der Waals surface area contributed by atoms with Gasteiger partial charge in [-0.1, -0.05) is 11.6 Å². The summed E-state index contributed by atoms with van der Waals surface area (Å²) >= 11 is 5.85. The lowest BCUT2D eigenvalue weighted by molar-refractivity contribution is 0.0942. The third-order valence-electron chi connectivity index (χ3n) is 4.14. The topological polar surface area (TPSA) is 80.0 Å². The minimum atomic E-state index is -0.118. The van der Waals surface area contributed by atoms with Gasteiger partial charge in [0.25, 0.3) is 5.91 Å². The Bertz CT molecular complexity index is 511. The number of hydrogen-bond acceptors (Lipinski definition) is 4. The van der Waals surface area contributed by atoms with E-state index in [0.29, 0.717) is 16.8 Å². The summed E-state index contributed by atoms with van der Waals surface area (Å²) in [4.78, 5) is 16.1. The van der Waals surface area contributed by atoms with Crippen LogP contribution in [0.4, 0.5) is 5.82 Å². The van der Waals surface area contributed by atoms with E-state index in [0.717, 1.165) is 12.5 Å². The summed E-state index contributed by atoms with van der Waals surface area (Å²) in [6.45, 7) is 0.766. The maximum absolute atomic E-state index is 12.1. The monoisotopic (exact) mass is 280 g/mol. The maximum Gasteiger partial charge on any atom is 0.251 e. The number of anilines is 1. The second-order valence-electron chi connectivity index (χ2n) is 5.53. The molecule has 19 heavy (non-hydrogen) atoms. The smallest absolute Gasteiger partial charge is 0.251 e. The van der Waals surface area contributed by atoms with E-state index in [2.05, 4.69) is 15.7 Å². The van der Waals surface area contributed by atoms with Gasteiger partial charge in [0.2, 0.25) is 0 Å². The molecule has 0 aliphatic heterocycles. The van der Waals surface area contributed by atoms with Crippen molar-refractivity contribution in [1.29, 1.82) is 0 Å². The highest BCUT2D eigenvalue weighted by atomic mass is 35.5. The lowest BCUT2D eigenvalue weighted by Gasteiger charge is -2.15. The fourth-order valence-corrected chi connectivity index (χ4v) is 2.85. The van der Waals surface area contributed by atoms with Gasteiger partial charge in [-0.2, -0.15) is 0 Å². The van der Waals surface area contributed by atoms with Crippen LogP contribution in [0, 0.1) is 11.3 Å². The zero-order valence-electron chi connectivity index (χ0n) is 10.6. The standard InChI is InChI=1S/C13H17ClN4O/c14-10-5-8(6-11(17-10)18-15)12(19)16-7-13(3-4-13)9-1-2-9/h5-6,9H,1-4,7,15H2,(H,16,19)(H,17,18). The van der Waals surface area contributed by atoms with Crippen LogP contribution in [0.3, 0.4) is 0 Å². The van der Waals surface area contributed by atoms with Crippen LogP contribution in [-0.2, 0) is 0 Å². The van der Waals surface area contributed by atoms with Gasteiger partial charge in [0, 0.05) is 12.1 Å². The lowest BCUT2D eigenvalue weighted by Crippen LogP contribution is -2.31. The number of nitrogen functional groups attached to an aromatic ring is 1. The lowest BCUT2D eigenvalue weighted by atomic mass is 10.0. The number of nitrogens with two attached hydrogens (primary N) is 1. The molecule has 0 radical (unpaired) electrons. The Labute approximate surface area is 116 Å². The van der Waals surface area contributed by atoms with Crippen LogP contribution in [0.2, 0.25) is 5.15 Å². The van der Waals surface area contributed by atoms with E-state index in [-0.39, 0.29) is 11.1 Å². The van der Waals surface area contributed by atoms with Gasteiger partial charge >= 0.3 is 0 Å². The molecule has 1 aromatic rings. The van der Waals surface area contributed by atoms with Gasteiger partial charge in [-0.3, -0.25) is 4.79 Å². The second kappa shape index (κ2) is 4.65. The van der Waals surface area contributed by atoms with Crippen molar-refractivity contribution in [3.05, 3.63) is 22.8 Å². The summed E-state index contributed by atoms with van der Waals surface area (Å²) in [6.07, 6.45) is 5.12. The summed E-state index contributed by atoms with van der Waals surface area (Å²) in [5.41, 5.74) is 3.28. The van der Waals surface area contributed by atoms with Crippen LogP contribution < -0.4 is 16.6 Å². The third-order valence-corrected chi connectivity index (χ3v) is 4.33. The highest BCUT2D eigenvalue weighted by molar-refractivity contribution is 6.29. The number of pyridine rings is 1. The van der Waals surface area contributed by atoms with Crippen molar-refractivity contribution in [2.45, 2.75) is 25.7 Å². The molecule has 4 N–H and O–H groups in total. The van der Waals surface area contributed by atoms with Crippen LogP contribution in [0.25, 0.3) is 0 Å². The Balaban J connectivity index is 1.65. The van der Waals surface area contributed by atoms with Crippen molar-refractivity contribution in [1.82, 2.24) is 10.3 Å². The predicted octanol–water partition coefficient (Wildman–Crippen LogP) is 1.94. The number of aromatic nitrogens is 1. The molecule has 1 heterocycles. The van der Waals surface area contributed by atoms with E-state index in [9.17, 15) is 4.79 Å². The number of carbonyl (C=O) groups excluding carboxylic acids is 1. The van der Waals surface area contributed by atoms with Crippen molar-refractivity contribution in [3.8, 4) is 0 Å². The Hall–Kier alpha value is -1.33. The first-order valence-corrected chi connectivity index (χ1v) is 6.93. The number of nitrogens with one attached hydrogen (secondary N) is 2. The zero-order chi connectivity index (χ0) is 13.5. The van der Waals surface area contributed by atoms with Crippen molar-refractivity contribution in [2.24, 2.45) is 17.2 Å². The summed E-state index contributed by atoms with van der Waals surface area (Å²) in [6, 6.07) is 3.15. The molecule has 0 bridgehead atoms. The van der Waals surface area contributed by atoms with E-state index >= 15 is 0 Å². The highest BCUT2D eigenvalue weighted by Crippen LogP contribution is 2.60. The first-order chi connectivity index (χ1) is 9.13. The average Bonchev–Trinajstić information content (AvgIpc) is 3.27. The van der Waals surface area contributed by atoms with Gasteiger partial charge in [0.1, 0.15) is 11.0 Å². The number of rotatable bonds is 5. The molecule has 3 rings (SSSR count). The molecule has 1 aromatic heterocycles. The number of hydrazine groups is 1. The molecule has 5 nitrogen and oxygen atoms in total. The van der Waals surface area contributed by atoms with Gasteiger partial charge in [0.15, 0.2) is 0 Å². The van der Waals surface area contributed by atoms with Gasteiger partial charge < -0.3 is 10.7 Å². The minimum absolute atomic E-state index is 0.118. The first-order valence-electron chi connectivity index (χ1n) is 6.55. The van der Waals surface area contributed by atoms with Gasteiger partial charge in [0.05, 0.1) is 0 Å². The number of nitrogens with zero attached hydrogens (tertiary/aromatic N) is 1. The highest BCUT2D eigenvalue weighted by Gasteiger charge is 2.53. The Kier molecular flexibility index (Phi) is 3.11. The SMILES string of the molecule is NNc1cc(C(=O)NCC2(C3CC3)CC2)cc(Cl)n1. The molecule has 0 aromatic carbocycles. The largest absolute Gasteiger partial charge is 0.351 e. The third kappa shape index (κ3) is 2.67. The van der Waals surface area contributed by atoms with E-state index < -0.39 is 0 Å². The summed E-state index contributed by atoms with van der Waals surface area (Å²) in [7, 11) is 0. The number of carbonyl (C=O) groups is 1. The van der Waals surface area contributed by atoms with Crippen molar-refractivity contribution >= 4 is 23.3 Å². The Morgan fingerprint density at radius 1 is 1.47 bits per heavy atom. The van der Waals surface area contributed by atoms with E-state index in [4.69, 9.17) is 17.4 Å². The van der Waals surface area contributed by atoms with E-state index in [1.54, 1.807) is 12.1 Å². The first kappa shape index (κ1) is 12.7. The van der Waals surface area contributed by atoms with Crippen LogP contribution >= 0.6 is 11.6 Å². The molecule has 1 amide bonds. The quantitative estimate of drug-likeness (QED) is 0.437. The van der Waals surface area contributed by atoms with Crippen molar-refractivity contribution in [3.63, 3.8) is 0 Å². The molecular weight excluding hydrogens is 264 g/mol. The van der Waals surface area contributed by atoms with Crippen molar-refractivity contribution < 1.29 is 4.79 Å². The Morgan fingerprint density at radius 2 is 2.21 bits per heavy atom. The number of amides is 1. The fraction of sp³-hybridized carbons (Fsp3) is 0.538. The van der Waals surface area contributed by atoms with Crippen LogP contribution in [0.1, 0.15) is 36.0 Å². The van der Waals surface area contributed by atoms with E-state index in [1.165, 1.54) is 25.7 Å². The molecule has 2 aliphatic carbocycles. The summed E-state index contributed by atoms with van der Waals surface area (Å²) in [5.74, 6) is 6.39. The van der Waals surface area contributed by atoms with Gasteiger partial charge in [-0.05, 0) is 49.1 Å². The normalized spacial score (nSPS) is 19.9. The minimum Gasteiger partial charge on any atom is -0.351 e. The molecule has 0 atom stereocenters. The summed E-state index contributed by atoms with van der Waals surface area (Å²) in [5, 5.41) is 3.26. The second-order valence-corrected chi connectivity index (χ2v) is 5.91. The summed E-state index contributed by atoms with van der Waals surface area (Å²) < 4.78 is 0. The fourth-order valence-electron chi connectivity index (χ4n) is 2.65. The van der Waals surface area contributed by atoms with Crippen LogP contribution in [0.15, 0.2) is 12.1 Å². The number of hydrogen-bond donors (Lipinski definition) is 3.